The predicted molar refractivity (Wildman–Crippen MR) is 88.1 cm³/mol. The van der Waals surface area contributed by atoms with Crippen LogP contribution in [0.1, 0.15) is 71.6 Å². The molecule has 20 heavy (non-hydrogen) atoms. The molecule has 0 spiro atoms. The Kier molecular flexibility index (Phi) is 5.95. The molecule has 0 aromatic heterocycles. The SMILES string of the molecule is CC1(C)CCCCC1C(=O)N(CCBr)C1CCCCC1. The molecule has 1 atom stereocenters. The molecule has 1 amide bonds. The summed E-state index contributed by atoms with van der Waals surface area (Å²) in [5.74, 6) is 0.693. The van der Waals surface area contributed by atoms with Crippen LogP contribution in [0, 0.1) is 11.3 Å². The van der Waals surface area contributed by atoms with Crippen molar-refractivity contribution in [2.24, 2.45) is 11.3 Å². The zero-order valence-corrected chi connectivity index (χ0v) is 14.8. The number of hydrogen-bond donors (Lipinski definition) is 0. The monoisotopic (exact) mass is 343 g/mol. The second-order valence-electron chi connectivity index (χ2n) is 7.30. The van der Waals surface area contributed by atoms with Crippen LogP contribution in [-0.4, -0.2) is 28.7 Å². The molecule has 2 aliphatic carbocycles. The van der Waals surface area contributed by atoms with Gasteiger partial charge in [-0.15, -0.1) is 0 Å². The van der Waals surface area contributed by atoms with E-state index in [0.717, 1.165) is 18.3 Å². The molecule has 2 nitrogen and oxygen atoms in total. The molecular weight excluding hydrogens is 314 g/mol. The molecule has 0 saturated heterocycles. The fraction of sp³-hybridized carbons (Fsp3) is 0.941. The summed E-state index contributed by atoms with van der Waals surface area (Å²) >= 11 is 3.54. The van der Waals surface area contributed by atoms with E-state index in [1.807, 2.05) is 0 Å². The van der Waals surface area contributed by atoms with Crippen LogP contribution < -0.4 is 0 Å². The van der Waals surface area contributed by atoms with Gasteiger partial charge in [-0.2, -0.15) is 0 Å². The Morgan fingerprint density at radius 3 is 2.35 bits per heavy atom. The van der Waals surface area contributed by atoms with E-state index in [1.54, 1.807) is 0 Å². The normalized spacial score (nSPS) is 27.2. The Balaban J connectivity index is 2.08. The van der Waals surface area contributed by atoms with Gasteiger partial charge in [-0.25, -0.2) is 0 Å². The van der Waals surface area contributed by atoms with E-state index in [9.17, 15) is 4.79 Å². The Bertz CT molecular complexity index is 323. The lowest BCUT2D eigenvalue weighted by Gasteiger charge is -2.43. The molecule has 0 aromatic rings. The first-order valence-corrected chi connectivity index (χ1v) is 9.55. The van der Waals surface area contributed by atoms with Crippen LogP contribution in [-0.2, 0) is 4.79 Å². The first-order chi connectivity index (χ1) is 9.56. The molecule has 0 radical (unpaired) electrons. The second kappa shape index (κ2) is 7.29. The minimum atomic E-state index is 0.189. The number of rotatable bonds is 4. The highest BCUT2D eigenvalue weighted by Gasteiger charge is 2.40. The molecule has 2 rings (SSSR count). The van der Waals surface area contributed by atoms with E-state index in [0.29, 0.717) is 11.9 Å². The summed E-state index contributed by atoms with van der Waals surface area (Å²) in [5, 5.41) is 0.905. The number of halogens is 1. The average molecular weight is 344 g/mol. The molecule has 0 aliphatic heterocycles. The minimum Gasteiger partial charge on any atom is -0.339 e. The van der Waals surface area contributed by atoms with Gasteiger partial charge >= 0.3 is 0 Å². The lowest BCUT2D eigenvalue weighted by Crippen LogP contribution is -2.49. The Labute approximate surface area is 132 Å². The van der Waals surface area contributed by atoms with E-state index in [2.05, 4.69) is 34.7 Å². The largest absolute Gasteiger partial charge is 0.339 e. The average Bonchev–Trinajstić information content (AvgIpc) is 2.44. The summed E-state index contributed by atoms with van der Waals surface area (Å²) < 4.78 is 0. The predicted octanol–water partition coefficient (Wildman–Crippen LogP) is 4.76. The van der Waals surface area contributed by atoms with Gasteiger partial charge in [-0.3, -0.25) is 4.79 Å². The summed E-state index contributed by atoms with van der Waals surface area (Å²) in [5.41, 5.74) is 0.189. The maximum atomic E-state index is 13.1. The van der Waals surface area contributed by atoms with Gasteiger partial charge in [0.25, 0.3) is 0 Å². The third-order valence-corrected chi connectivity index (χ3v) is 5.78. The summed E-state index contributed by atoms with van der Waals surface area (Å²) in [6.07, 6.45) is 11.2. The number of amides is 1. The first-order valence-electron chi connectivity index (χ1n) is 8.43. The number of carbonyl (C=O) groups excluding carboxylic acids is 1. The molecule has 116 valence electrons. The van der Waals surface area contributed by atoms with E-state index < -0.39 is 0 Å². The van der Waals surface area contributed by atoms with Crippen LogP contribution in [0.15, 0.2) is 0 Å². The zero-order valence-electron chi connectivity index (χ0n) is 13.2. The summed E-state index contributed by atoms with van der Waals surface area (Å²) in [7, 11) is 0. The molecule has 2 aliphatic rings. The fourth-order valence-corrected chi connectivity index (χ4v) is 4.49. The first kappa shape index (κ1) is 16.3. The van der Waals surface area contributed by atoms with Crippen molar-refractivity contribution in [1.82, 2.24) is 4.90 Å². The quantitative estimate of drug-likeness (QED) is 0.674. The number of nitrogens with zero attached hydrogens (tertiary/aromatic N) is 1. The van der Waals surface area contributed by atoms with Crippen molar-refractivity contribution < 1.29 is 4.79 Å². The van der Waals surface area contributed by atoms with Crippen LogP contribution in [0.25, 0.3) is 0 Å². The van der Waals surface area contributed by atoms with Gasteiger partial charge in [0.1, 0.15) is 0 Å². The molecule has 0 aromatic carbocycles. The fourth-order valence-electron chi connectivity index (χ4n) is 4.11. The number of alkyl halides is 1. The summed E-state index contributed by atoms with van der Waals surface area (Å²) in [6, 6.07) is 0.506. The minimum absolute atomic E-state index is 0.189. The third-order valence-electron chi connectivity index (χ3n) is 5.43. The highest BCUT2D eigenvalue weighted by molar-refractivity contribution is 9.09. The lowest BCUT2D eigenvalue weighted by molar-refractivity contribution is -0.144. The molecule has 2 fully saturated rings. The molecule has 0 N–H and O–H groups in total. The van der Waals surface area contributed by atoms with E-state index in [4.69, 9.17) is 0 Å². The summed E-state index contributed by atoms with van der Waals surface area (Å²) in [6.45, 7) is 5.47. The van der Waals surface area contributed by atoms with Crippen LogP contribution in [0.3, 0.4) is 0 Å². The zero-order chi connectivity index (χ0) is 14.6. The van der Waals surface area contributed by atoms with Gasteiger partial charge in [-0.05, 0) is 31.1 Å². The molecule has 0 bridgehead atoms. The lowest BCUT2D eigenvalue weighted by atomic mass is 9.68. The van der Waals surface area contributed by atoms with Gasteiger partial charge in [0.15, 0.2) is 0 Å². The van der Waals surface area contributed by atoms with Crippen molar-refractivity contribution in [3.05, 3.63) is 0 Å². The molecule has 2 saturated carbocycles. The maximum absolute atomic E-state index is 13.1. The van der Waals surface area contributed by atoms with Crippen LogP contribution in [0.4, 0.5) is 0 Å². The molecule has 3 heteroatoms. The van der Waals surface area contributed by atoms with Crippen molar-refractivity contribution >= 4 is 21.8 Å². The van der Waals surface area contributed by atoms with Crippen molar-refractivity contribution in [1.29, 1.82) is 0 Å². The smallest absolute Gasteiger partial charge is 0.226 e. The Morgan fingerprint density at radius 1 is 1.10 bits per heavy atom. The van der Waals surface area contributed by atoms with E-state index in [-0.39, 0.29) is 11.3 Å². The standard InChI is InChI=1S/C17H30BrNO/c1-17(2)11-7-6-10-15(17)16(20)19(13-12-18)14-8-4-3-5-9-14/h14-15H,3-13H2,1-2H3. The molecule has 1 unspecified atom stereocenters. The van der Waals surface area contributed by atoms with Crippen molar-refractivity contribution in [3.63, 3.8) is 0 Å². The Morgan fingerprint density at radius 2 is 1.75 bits per heavy atom. The van der Waals surface area contributed by atoms with E-state index in [1.165, 1.54) is 51.4 Å². The van der Waals surface area contributed by atoms with Gasteiger partial charge in [0, 0.05) is 23.8 Å². The van der Waals surface area contributed by atoms with Crippen LogP contribution >= 0.6 is 15.9 Å². The topological polar surface area (TPSA) is 20.3 Å². The van der Waals surface area contributed by atoms with Crippen molar-refractivity contribution in [2.45, 2.75) is 77.7 Å². The highest BCUT2D eigenvalue weighted by atomic mass is 79.9. The van der Waals surface area contributed by atoms with Crippen LogP contribution in [0.5, 0.6) is 0 Å². The van der Waals surface area contributed by atoms with Crippen molar-refractivity contribution in [3.8, 4) is 0 Å². The highest BCUT2D eigenvalue weighted by Crippen LogP contribution is 2.42. The summed E-state index contributed by atoms with van der Waals surface area (Å²) in [4.78, 5) is 15.3. The van der Waals surface area contributed by atoms with Crippen LogP contribution in [0.2, 0.25) is 0 Å². The molecular formula is C17H30BrNO. The maximum Gasteiger partial charge on any atom is 0.226 e. The molecule has 0 heterocycles. The number of hydrogen-bond acceptors (Lipinski definition) is 1. The number of carbonyl (C=O) groups is 1. The third kappa shape index (κ3) is 3.78. The Hall–Kier alpha value is -0.0500. The van der Waals surface area contributed by atoms with Gasteiger partial charge in [-0.1, -0.05) is 61.9 Å². The van der Waals surface area contributed by atoms with E-state index >= 15 is 0 Å². The van der Waals surface area contributed by atoms with Gasteiger partial charge < -0.3 is 4.90 Å². The van der Waals surface area contributed by atoms with Gasteiger partial charge in [0.05, 0.1) is 0 Å². The van der Waals surface area contributed by atoms with Gasteiger partial charge in [0.2, 0.25) is 5.91 Å². The van der Waals surface area contributed by atoms with Crippen molar-refractivity contribution in [2.75, 3.05) is 11.9 Å². The second-order valence-corrected chi connectivity index (χ2v) is 8.09.